The van der Waals surface area contributed by atoms with Gasteiger partial charge in [0.1, 0.15) is 11.4 Å². The summed E-state index contributed by atoms with van der Waals surface area (Å²) in [6.45, 7) is 1.85. The average molecular weight is 256 g/mol. The highest BCUT2D eigenvalue weighted by Gasteiger charge is 2.04. The molecule has 2 rings (SSSR count). The molecule has 0 bridgehead atoms. The Morgan fingerprint density at radius 3 is 2.47 bits per heavy atom. The highest BCUT2D eigenvalue weighted by atomic mass is 16.6. The maximum atomic E-state index is 10.5. The molecular formula is C14H12N2O3. The number of nitrogens with zero attached hydrogens (tertiary/aromatic N) is 2. The molecule has 0 aromatic heterocycles. The van der Waals surface area contributed by atoms with Gasteiger partial charge in [-0.25, -0.2) is 0 Å². The molecule has 0 fully saturated rings. The minimum atomic E-state index is -0.450. The van der Waals surface area contributed by atoms with E-state index in [-0.39, 0.29) is 11.4 Å². The maximum Gasteiger partial charge on any atom is 0.269 e. The summed E-state index contributed by atoms with van der Waals surface area (Å²) >= 11 is 0. The first-order valence-corrected chi connectivity index (χ1v) is 5.65. The maximum absolute atomic E-state index is 10.5. The molecule has 19 heavy (non-hydrogen) atoms. The zero-order chi connectivity index (χ0) is 13.8. The van der Waals surface area contributed by atoms with Crippen LogP contribution < -0.4 is 0 Å². The van der Waals surface area contributed by atoms with E-state index in [0.717, 1.165) is 11.1 Å². The predicted molar refractivity (Wildman–Crippen MR) is 73.2 cm³/mol. The summed E-state index contributed by atoms with van der Waals surface area (Å²) in [4.78, 5) is 14.3. The first kappa shape index (κ1) is 12.8. The molecule has 2 aromatic rings. The van der Waals surface area contributed by atoms with Crippen LogP contribution in [0.1, 0.15) is 11.1 Å². The van der Waals surface area contributed by atoms with Gasteiger partial charge in [0, 0.05) is 18.3 Å². The van der Waals surface area contributed by atoms with Crippen molar-refractivity contribution in [1.29, 1.82) is 0 Å². The molecule has 0 aliphatic carbocycles. The average Bonchev–Trinajstić information content (AvgIpc) is 2.38. The number of aromatic hydroxyl groups is 1. The van der Waals surface area contributed by atoms with Crippen LogP contribution >= 0.6 is 0 Å². The Balaban J connectivity index is 2.25. The number of aryl methyl sites for hydroxylation is 1. The van der Waals surface area contributed by atoms with E-state index in [2.05, 4.69) is 4.99 Å². The number of nitro benzene ring substituents is 1. The first-order valence-electron chi connectivity index (χ1n) is 5.65. The molecule has 5 heteroatoms. The largest absolute Gasteiger partial charge is 0.506 e. The molecule has 1 N–H and O–H groups in total. The molecule has 0 saturated heterocycles. The SMILES string of the molecule is Cc1cccc(O)c1N=Cc1ccc([N+](=O)[O-])cc1. The van der Waals surface area contributed by atoms with Crippen molar-refractivity contribution in [2.24, 2.45) is 4.99 Å². The fourth-order valence-electron chi connectivity index (χ4n) is 1.63. The van der Waals surface area contributed by atoms with E-state index in [1.54, 1.807) is 30.5 Å². The van der Waals surface area contributed by atoms with Gasteiger partial charge in [-0.1, -0.05) is 12.1 Å². The number of hydrogen-bond donors (Lipinski definition) is 1. The van der Waals surface area contributed by atoms with Crippen molar-refractivity contribution in [3.63, 3.8) is 0 Å². The van der Waals surface area contributed by atoms with Gasteiger partial charge in [0.2, 0.25) is 0 Å². The number of rotatable bonds is 3. The van der Waals surface area contributed by atoms with Crippen molar-refractivity contribution in [3.05, 3.63) is 63.7 Å². The summed E-state index contributed by atoms with van der Waals surface area (Å²) in [5.41, 5.74) is 2.13. The van der Waals surface area contributed by atoms with Gasteiger partial charge in [-0.05, 0) is 36.2 Å². The number of phenols is 1. The topological polar surface area (TPSA) is 75.7 Å². The van der Waals surface area contributed by atoms with Gasteiger partial charge in [-0.15, -0.1) is 0 Å². The van der Waals surface area contributed by atoms with Crippen LogP contribution in [0.2, 0.25) is 0 Å². The number of para-hydroxylation sites is 1. The van der Waals surface area contributed by atoms with Crippen LogP contribution in [-0.4, -0.2) is 16.2 Å². The monoisotopic (exact) mass is 256 g/mol. The van der Waals surface area contributed by atoms with E-state index < -0.39 is 4.92 Å². The van der Waals surface area contributed by atoms with Gasteiger partial charge in [0.05, 0.1) is 4.92 Å². The Kier molecular flexibility index (Phi) is 3.56. The van der Waals surface area contributed by atoms with E-state index >= 15 is 0 Å². The smallest absolute Gasteiger partial charge is 0.269 e. The molecule has 0 unspecified atom stereocenters. The number of aliphatic imine (C=N–C) groups is 1. The molecule has 2 aromatic carbocycles. The van der Waals surface area contributed by atoms with E-state index in [1.807, 2.05) is 13.0 Å². The van der Waals surface area contributed by atoms with Crippen LogP contribution in [0.5, 0.6) is 5.75 Å². The summed E-state index contributed by atoms with van der Waals surface area (Å²) in [7, 11) is 0. The fourth-order valence-corrected chi connectivity index (χ4v) is 1.63. The van der Waals surface area contributed by atoms with Crippen molar-refractivity contribution in [1.82, 2.24) is 0 Å². The summed E-state index contributed by atoms with van der Waals surface area (Å²) in [5.74, 6) is 0.109. The molecule has 0 atom stereocenters. The second-order valence-electron chi connectivity index (χ2n) is 4.05. The minimum absolute atomic E-state index is 0.0379. The first-order chi connectivity index (χ1) is 9.08. The fraction of sp³-hybridized carbons (Fsp3) is 0.0714. The molecule has 0 heterocycles. The highest BCUT2D eigenvalue weighted by Crippen LogP contribution is 2.29. The van der Waals surface area contributed by atoms with Gasteiger partial charge in [-0.2, -0.15) is 0 Å². The van der Waals surface area contributed by atoms with Gasteiger partial charge in [0.25, 0.3) is 5.69 Å². The molecule has 5 nitrogen and oxygen atoms in total. The van der Waals surface area contributed by atoms with Crippen LogP contribution in [0.3, 0.4) is 0 Å². The predicted octanol–water partition coefficient (Wildman–Crippen LogP) is 3.36. The zero-order valence-electron chi connectivity index (χ0n) is 10.3. The second kappa shape index (κ2) is 5.30. The third kappa shape index (κ3) is 2.95. The van der Waals surface area contributed by atoms with Crippen molar-refractivity contribution in [2.45, 2.75) is 6.92 Å². The second-order valence-corrected chi connectivity index (χ2v) is 4.05. The Labute approximate surface area is 110 Å². The normalized spacial score (nSPS) is 10.8. The molecule has 0 radical (unpaired) electrons. The third-order valence-electron chi connectivity index (χ3n) is 2.66. The minimum Gasteiger partial charge on any atom is -0.506 e. The van der Waals surface area contributed by atoms with Gasteiger partial charge < -0.3 is 5.11 Å². The van der Waals surface area contributed by atoms with Crippen molar-refractivity contribution in [3.8, 4) is 5.75 Å². The van der Waals surface area contributed by atoms with Crippen LogP contribution in [0.15, 0.2) is 47.5 Å². The Bertz CT molecular complexity index is 613. The van der Waals surface area contributed by atoms with Crippen LogP contribution in [0.25, 0.3) is 0 Å². The molecular weight excluding hydrogens is 244 g/mol. The molecule has 0 saturated carbocycles. The quantitative estimate of drug-likeness (QED) is 0.519. The lowest BCUT2D eigenvalue weighted by atomic mass is 10.2. The van der Waals surface area contributed by atoms with Gasteiger partial charge >= 0.3 is 0 Å². The summed E-state index contributed by atoms with van der Waals surface area (Å²) in [5, 5.41) is 20.2. The molecule has 0 aliphatic rings. The summed E-state index contributed by atoms with van der Waals surface area (Å²) in [6, 6.07) is 11.2. The summed E-state index contributed by atoms with van der Waals surface area (Å²) in [6.07, 6.45) is 1.56. The van der Waals surface area contributed by atoms with Gasteiger partial charge in [0.15, 0.2) is 0 Å². The Morgan fingerprint density at radius 1 is 1.21 bits per heavy atom. The molecule has 0 amide bonds. The van der Waals surface area contributed by atoms with Crippen molar-refractivity contribution in [2.75, 3.05) is 0 Å². The lowest BCUT2D eigenvalue weighted by Crippen LogP contribution is -1.88. The van der Waals surface area contributed by atoms with E-state index in [0.29, 0.717) is 5.69 Å². The van der Waals surface area contributed by atoms with Crippen LogP contribution in [-0.2, 0) is 0 Å². The van der Waals surface area contributed by atoms with E-state index in [4.69, 9.17) is 0 Å². The van der Waals surface area contributed by atoms with E-state index in [1.165, 1.54) is 12.1 Å². The lowest BCUT2D eigenvalue weighted by Gasteiger charge is -2.02. The van der Waals surface area contributed by atoms with Crippen molar-refractivity contribution >= 4 is 17.6 Å². The number of hydrogen-bond acceptors (Lipinski definition) is 4. The lowest BCUT2D eigenvalue weighted by molar-refractivity contribution is -0.384. The van der Waals surface area contributed by atoms with Crippen LogP contribution in [0.4, 0.5) is 11.4 Å². The number of nitro groups is 1. The standard InChI is InChI=1S/C14H12N2O3/c1-10-3-2-4-13(17)14(10)15-9-11-5-7-12(8-6-11)16(18)19/h2-9,17H,1H3. The van der Waals surface area contributed by atoms with Crippen molar-refractivity contribution < 1.29 is 10.0 Å². The molecule has 0 spiro atoms. The Hall–Kier alpha value is -2.69. The number of non-ortho nitro benzene ring substituents is 1. The van der Waals surface area contributed by atoms with E-state index in [9.17, 15) is 15.2 Å². The van der Waals surface area contributed by atoms with Crippen LogP contribution in [0, 0.1) is 17.0 Å². The van der Waals surface area contributed by atoms with Gasteiger partial charge in [-0.3, -0.25) is 15.1 Å². The number of benzene rings is 2. The zero-order valence-corrected chi connectivity index (χ0v) is 10.3. The molecule has 0 aliphatic heterocycles. The Morgan fingerprint density at radius 2 is 1.89 bits per heavy atom. The molecule has 96 valence electrons. The summed E-state index contributed by atoms with van der Waals surface area (Å²) < 4.78 is 0. The highest BCUT2D eigenvalue weighted by molar-refractivity contribution is 5.83. The third-order valence-corrected chi connectivity index (χ3v) is 2.66. The number of phenolic OH excluding ortho intramolecular Hbond substituents is 1.